The van der Waals surface area contributed by atoms with Crippen LogP contribution in [0.25, 0.3) is 0 Å². The molecule has 0 aliphatic carbocycles. The van der Waals surface area contributed by atoms with Crippen molar-refractivity contribution in [3.63, 3.8) is 0 Å². The number of imide groups is 1. The van der Waals surface area contributed by atoms with Crippen molar-refractivity contribution < 1.29 is 28.3 Å². The Morgan fingerprint density at radius 1 is 0.821 bits per heavy atom. The molecule has 39 heavy (non-hydrogen) atoms. The van der Waals surface area contributed by atoms with Crippen molar-refractivity contribution in [2.45, 2.75) is 12.5 Å². The van der Waals surface area contributed by atoms with Crippen LogP contribution in [-0.4, -0.2) is 67.3 Å². The van der Waals surface area contributed by atoms with E-state index in [1.807, 2.05) is 4.90 Å². The average molecular weight is 594 g/mol. The summed E-state index contributed by atoms with van der Waals surface area (Å²) in [6, 6.07) is 18.5. The summed E-state index contributed by atoms with van der Waals surface area (Å²) < 4.78 is 19.2. The number of benzene rings is 3. The highest BCUT2D eigenvalue weighted by Gasteiger charge is 2.43. The fourth-order valence-electron chi connectivity index (χ4n) is 4.80. The van der Waals surface area contributed by atoms with Gasteiger partial charge in [-0.3, -0.25) is 19.3 Å². The van der Waals surface area contributed by atoms with Gasteiger partial charge in [-0.25, -0.2) is 14.1 Å². The maximum atomic E-state index is 13.2. The van der Waals surface area contributed by atoms with Crippen molar-refractivity contribution in [1.82, 2.24) is 4.90 Å². The van der Waals surface area contributed by atoms with Crippen LogP contribution >= 0.6 is 15.9 Å². The SMILES string of the molecule is O=C(COC(=O)c1ccc(N2C(=O)CC(N3CCN(c4ccc(F)cc4)CC3)C2=O)cc1)c1ccc(Br)cc1. The monoisotopic (exact) mass is 593 g/mol. The first-order chi connectivity index (χ1) is 18.8. The van der Waals surface area contributed by atoms with E-state index in [9.17, 15) is 23.6 Å². The van der Waals surface area contributed by atoms with Crippen LogP contribution in [-0.2, 0) is 14.3 Å². The first-order valence-electron chi connectivity index (χ1n) is 12.5. The normalized spacial score (nSPS) is 17.9. The minimum absolute atomic E-state index is 0.0807. The summed E-state index contributed by atoms with van der Waals surface area (Å²) in [5.74, 6) is -1.90. The number of anilines is 2. The highest BCUT2D eigenvalue weighted by Crippen LogP contribution is 2.28. The molecule has 2 aliphatic rings. The van der Waals surface area contributed by atoms with Gasteiger partial charge in [-0.15, -0.1) is 0 Å². The Bertz CT molecular complexity index is 1390. The molecule has 2 fully saturated rings. The molecule has 200 valence electrons. The number of esters is 1. The quantitative estimate of drug-likeness (QED) is 0.232. The molecule has 5 rings (SSSR count). The van der Waals surface area contributed by atoms with Crippen LogP contribution in [0.3, 0.4) is 0 Å². The van der Waals surface area contributed by atoms with E-state index < -0.39 is 18.6 Å². The molecule has 1 unspecified atom stereocenters. The highest BCUT2D eigenvalue weighted by molar-refractivity contribution is 9.10. The lowest BCUT2D eigenvalue weighted by Crippen LogP contribution is -2.52. The van der Waals surface area contributed by atoms with Crippen molar-refractivity contribution >= 4 is 50.9 Å². The molecule has 3 aromatic rings. The second-order valence-corrected chi connectivity index (χ2v) is 10.3. The molecule has 0 aromatic heterocycles. The predicted octanol–water partition coefficient (Wildman–Crippen LogP) is 4.08. The van der Waals surface area contributed by atoms with E-state index in [2.05, 4.69) is 20.8 Å². The van der Waals surface area contributed by atoms with E-state index in [1.165, 1.54) is 36.4 Å². The summed E-state index contributed by atoms with van der Waals surface area (Å²) in [5.41, 5.74) is 1.93. The van der Waals surface area contributed by atoms with Crippen molar-refractivity contribution in [2.75, 3.05) is 42.6 Å². The molecule has 10 heteroatoms. The molecular weight excluding hydrogens is 569 g/mol. The van der Waals surface area contributed by atoms with Crippen molar-refractivity contribution in [1.29, 1.82) is 0 Å². The van der Waals surface area contributed by atoms with E-state index in [0.29, 0.717) is 37.4 Å². The number of carbonyl (C=O) groups is 4. The molecule has 2 saturated heterocycles. The molecular formula is C29H25BrFN3O5. The Kier molecular flexibility index (Phi) is 7.85. The fourth-order valence-corrected chi connectivity index (χ4v) is 5.06. The van der Waals surface area contributed by atoms with Gasteiger partial charge in [0.05, 0.1) is 23.7 Å². The third-order valence-corrected chi connectivity index (χ3v) is 7.46. The molecule has 8 nitrogen and oxygen atoms in total. The molecule has 1 atom stereocenters. The molecule has 0 saturated carbocycles. The summed E-state index contributed by atoms with van der Waals surface area (Å²) >= 11 is 3.30. The summed E-state index contributed by atoms with van der Waals surface area (Å²) in [6.45, 7) is 2.11. The maximum absolute atomic E-state index is 13.2. The number of nitrogens with zero attached hydrogens (tertiary/aromatic N) is 3. The van der Waals surface area contributed by atoms with Crippen LogP contribution in [0.1, 0.15) is 27.1 Å². The van der Waals surface area contributed by atoms with Gasteiger partial charge in [0.2, 0.25) is 5.91 Å². The zero-order valence-corrected chi connectivity index (χ0v) is 22.5. The lowest BCUT2D eigenvalue weighted by molar-refractivity contribution is -0.123. The third kappa shape index (κ3) is 5.91. The average Bonchev–Trinajstić information content (AvgIpc) is 3.26. The number of ketones is 1. The van der Waals surface area contributed by atoms with Crippen LogP contribution in [0.5, 0.6) is 0 Å². The number of Topliss-reactive ketones (excluding diaryl/α,β-unsaturated/α-hetero) is 1. The zero-order chi connectivity index (χ0) is 27.5. The molecule has 0 spiro atoms. The van der Waals surface area contributed by atoms with Gasteiger partial charge < -0.3 is 9.64 Å². The number of hydrogen-bond donors (Lipinski definition) is 0. The van der Waals surface area contributed by atoms with Crippen LogP contribution in [0.4, 0.5) is 15.8 Å². The first-order valence-corrected chi connectivity index (χ1v) is 13.3. The number of hydrogen-bond acceptors (Lipinski definition) is 7. The third-order valence-electron chi connectivity index (χ3n) is 6.93. The van der Waals surface area contributed by atoms with Gasteiger partial charge in [0.15, 0.2) is 12.4 Å². The Morgan fingerprint density at radius 2 is 1.41 bits per heavy atom. The molecule has 2 heterocycles. The zero-order valence-electron chi connectivity index (χ0n) is 20.9. The number of halogens is 2. The molecule has 3 aromatic carbocycles. The summed E-state index contributed by atoms with van der Waals surface area (Å²) in [7, 11) is 0. The van der Waals surface area contributed by atoms with Crippen molar-refractivity contribution in [3.8, 4) is 0 Å². The van der Waals surface area contributed by atoms with E-state index in [4.69, 9.17) is 4.74 Å². The number of piperazine rings is 1. The summed E-state index contributed by atoms with van der Waals surface area (Å²) in [4.78, 5) is 56.0. The molecule has 0 N–H and O–H groups in total. The van der Waals surface area contributed by atoms with E-state index in [-0.39, 0.29) is 35.4 Å². The Morgan fingerprint density at radius 3 is 2.05 bits per heavy atom. The highest BCUT2D eigenvalue weighted by atomic mass is 79.9. The minimum Gasteiger partial charge on any atom is -0.454 e. The smallest absolute Gasteiger partial charge is 0.338 e. The van der Waals surface area contributed by atoms with Gasteiger partial charge in [0.25, 0.3) is 5.91 Å². The molecule has 2 aliphatic heterocycles. The van der Waals surface area contributed by atoms with Crippen LogP contribution in [0.15, 0.2) is 77.3 Å². The van der Waals surface area contributed by atoms with Gasteiger partial charge in [0, 0.05) is 41.9 Å². The van der Waals surface area contributed by atoms with E-state index >= 15 is 0 Å². The summed E-state index contributed by atoms with van der Waals surface area (Å²) in [6.07, 6.45) is 0.0807. The lowest BCUT2D eigenvalue weighted by Gasteiger charge is -2.38. The molecule has 2 amide bonds. The number of amides is 2. The molecule has 0 radical (unpaired) electrons. The first kappa shape index (κ1) is 26.7. The Labute approximate surface area is 233 Å². The Balaban J connectivity index is 1.17. The molecule has 0 bridgehead atoms. The minimum atomic E-state index is -0.678. The lowest BCUT2D eigenvalue weighted by atomic mass is 10.1. The standard InChI is InChI=1S/C29H25BrFN3O5/c30-21-5-1-19(2-6-21)26(35)18-39-29(38)20-3-9-24(10-4-20)34-27(36)17-25(28(34)37)33-15-13-32(14-16-33)23-11-7-22(31)8-12-23/h1-12,25H,13-18H2. The largest absolute Gasteiger partial charge is 0.454 e. The van der Waals surface area contributed by atoms with Gasteiger partial charge in [-0.2, -0.15) is 0 Å². The van der Waals surface area contributed by atoms with Crippen LogP contribution < -0.4 is 9.80 Å². The second kappa shape index (κ2) is 11.5. The number of ether oxygens (including phenoxy) is 1. The number of carbonyl (C=O) groups excluding carboxylic acids is 4. The van der Waals surface area contributed by atoms with Crippen molar-refractivity contribution in [3.05, 3.63) is 94.2 Å². The van der Waals surface area contributed by atoms with Gasteiger partial charge >= 0.3 is 5.97 Å². The van der Waals surface area contributed by atoms with Gasteiger partial charge in [0.1, 0.15) is 5.82 Å². The number of rotatable bonds is 7. The summed E-state index contributed by atoms with van der Waals surface area (Å²) in [5, 5.41) is 0. The van der Waals surface area contributed by atoms with Gasteiger partial charge in [-0.05, 0) is 60.7 Å². The fraction of sp³-hybridized carbons (Fsp3) is 0.241. The van der Waals surface area contributed by atoms with Crippen molar-refractivity contribution in [2.24, 2.45) is 0 Å². The van der Waals surface area contributed by atoms with Crippen LogP contribution in [0.2, 0.25) is 0 Å². The van der Waals surface area contributed by atoms with Gasteiger partial charge in [-0.1, -0.05) is 28.1 Å². The Hall–Kier alpha value is -3.89. The van der Waals surface area contributed by atoms with Crippen LogP contribution in [0, 0.1) is 5.82 Å². The second-order valence-electron chi connectivity index (χ2n) is 9.34. The predicted molar refractivity (Wildman–Crippen MR) is 146 cm³/mol. The van der Waals surface area contributed by atoms with E-state index in [0.717, 1.165) is 15.1 Å². The van der Waals surface area contributed by atoms with E-state index in [1.54, 1.807) is 36.4 Å². The maximum Gasteiger partial charge on any atom is 0.338 e. The topological polar surface area (TPSA) is 87.2 Å².